The molecule has 5 rings (SSSR count). The molecule has 230 valence electrons. The Bertz CT molecular complexity index is 1570. The fourth-order valence-electron chi connectivity index (χ4n) is 5.68. The summed E-state index contributed by atoms with van der Waals surface area (Å²) in [6.07, 6.45) is 8.39. The SMILES string of the molecule is CNC(=O)[C@H](Cc1ccc(OCCC2CCCC2)cc1)NC(=O)c1cc2cc(Oc3ccc(C(C)(C)C)cc3)ccc2cn1. The summed E-state index contributed by atoms with van der Waals surface area (Å²) in [5.74, 6) is 2.31. The lowest BCUT2D eigenvalue weighted by Gasteiger charge is -2.19. The summed E-state index contributed by atoms with van der Waals surface area (Å²) >= 11 is 0. The number of hydrogen-bond acceptors (Lipinski definition) is 5. The molecular weight excluding hydrogens is 550 g/mol. The second-order valence-corrected chi connectivity index (χ2v) is 12.7. The molecule has 1 aromatic heterocycles. The molecule has 1 fully saturated rings. The van der Waals surface area contributed by atoms with Gasteiger partial charge in [-0.3, -0.25) is 14.6 Å². The first-order valence-electron chi connectivity index (χ1n) is 15.6. The van der Waals surface area contributed by atoms with Crippen molar-refractivity contribution in [2.24, 2.45) is 5.92 Å². The third-order valence-corrected chi connectivity index (χ3v) is 8.38. The first kappa shape index (κ1) is 31.0. The summed E-state index contributed by atoms with van der Waals surface area (Å²) in [6.45, 7) is 7.25. The Kier molecular flexibility index (Phi) is 9.83. The van der Waals surface area contributed by atoms with Gasteiger partial charge in [-0.05, 0) is 82.8 Å². The number of ether oxygens (including phenoxy) is 2. The highest BCUT2D eigenvalue weighted by atomic mass is 16.5. The molecule has 1 heterocycles. The highest BCUT2D eigenvalue weighted by molar-refractivity contribution is 5.99. The summed E-state index contributed by atoms with van der Waals surface area (Å²) in [5.41, 5.74) is 2.45. The van der Waals surface area contributed by atoms with Gasteiger partial charge in [0.25, 0.3) is 5.91 Å². The van der Waals surface area contributed by atoms with Crippen molar-refractivity contribution < 1.29 is 19.1 Å². The number of fused-ring (bicyclic) bond motifs is 1. The van der Waals surface area contributed by atoms with Crippen LogP contribution in [0.4, 0.5) is 0 Å². The summed E-state index contributed by atoms with van der Waals surface area (Å²) in [6, 6.07) is 22.5. The normalized spacial score (nSPS) is 14.3. The molecule has 7 nitrogen and oxygen atoms in total. The van der Waals surface area contributed by atoms with Crippen LogP contribution in [0.1, 0.15) is 74.5 Å². The number of benzene rings is 3. The lowest BCUT2D eigenvalue weighted by molar-refractivity contribution is -0.122. The monoisotopic (exact) mass is 593 g/mol. The van der Waals surface area contributed by atoms with E-state index in [-0.39, 0.29) is 17.0 Å². The Hall–Kier alpha value is -4.39. The second kappa shape index (κ2) is 13.9. The molecular formula is C37H43N3O4. The molecule has 1 aliphatic carbocycles. The molecule has 0 spiro atoms. The summed E-state index contributed by atoms with van der Waals surface area (Å²) < 4.78 is 12.0. The lowest BCUT2D eigenvalue weighted by Crippen LogP contribution is -2.47. The zero-order chi connectivity index (χ0) is 31.1. The van der Waals surface area contributed by atoms with Crippen molar-refractivity contribution in [2.45, 2.75) is 70.8 Å². The zero-order valence-electron chi connectivity index (χ0n) is 26.2. The highest BCUT2D eigenvalue weighted by Gasteiger charge is 2.22. The van der Waals surface area contributed by atoms with Crippen molar-refractivity contribution in [1.82, 2.24) is 15.6 Å². The number of hydrogen-bond donors (Lipinski definition) is 2. The van der Waals surface area contributed by atoms with Crippen molar-refractivity contribution in [1.29, 1.82) is 0 Å². The number of nitrogens with zero attached hydrogens (tertiary/aromatic N) is 1. The molecule has 0 radical (unpaired) electrons. The minimum absolute atomic E-state index is 0.0652. The Morgan fingerprint density at radius 3 is 2.25 bits per heavy atom. The smallest absolute Gasteiger partial charge is 0.270 e. The van der Waals surface area contributed by atoms with Crippen molar-refractivity contribution in [3.63, 3.8) is 0 Å². The molecule has 4 aromatic rings. The average Bonchev–Trinajstić information content (AvgIpc) is 3.54. The van der Waals surface area contributed by atoms with E-state index in [1.807, 2.05) is 54.6 Å². The molecule has 44 heavy (non-hydrogen) atoms. The van der Waals surface area contributed by atoms with Gasteiger partial charge < -0.3 is 20.1 Å². The molecule has 0 aliphatic heterocycles. The van der Waals surface area contributed by atoms with Crippen molar-refractivity contribution >= 4 is 22.6 Å². The first-order chi connectivity index (χ1) is 21.2. The van der Waals surface area contributed by atoms with Crippen molar-refractivity contribution in [3.8, 4) is 17.2 Å². The molecule has 1 saturated carbocycles. The van der Waals surface area contributed by atoms with Crippen LogP contribution in [0.2, 0.25) is 0 Å². The molecule has 7 heteroatoms. The molecule has 1 atom stereocenters. The number of pyridine rings is 1. The molecule has 0 unspecified atom stereocenters. The number of carbonyl (C=O) groups excluding carboxylic acids is 2. The van der Waals surface area contributed by atoms with E-state index in [1.54, 1.807) is 19.3 Å². The van der Waals surface area contributed by atoms with E-state index in [1.165, 1.54) is 31.2 Å². The predicted molar refractivity (Wildman–Crippen MR) is 174 cm³/mol. The Morgan fingerprint density at radius 2 is 1.57 bits per heavy atom. The average molecular weight is 594 g/mol. The minimum Gasteiger partial charge on any atom is -0.494 e. The number of carbonyl (C=O) groups is 2. The van der Waals surface area contributed by atoms with Crippen LogP contribution < -0.4 is 20.1 Å². The molecule has 3 aromatic carbocycles. The number of likely N-dealkylation sites (N-methyl/N-ethyl adjacent to an activating group) is 1. The van der Waals surface area contributed by atoms with Gasteiger partial charge in [-0.2, -0.15) is 0 Å². The third kappa shape index (κ3) is 8.16. The van der Waals surface area contributed by atoms with E-state index in [9.17, 15) is 9.59 Å². The fraction of sp³-hybridized carbons (Fsp3) is 0.378. The summed E-state index contributed by atoms with van der Waals surface area (Å²) in [7, 11) is 1.56. The number of amides is 2. The largest absolute Gasteiger partial charge is 0.494 e. The fourth-order valence-corrected chi connectivity index (χ4v) is 5.68. The summed E-state index contributed by atoms with van der Waals surface area (Å²) in [4.78, 5) is 30.4. The number of nitrogens with one attached hydrogen (secondary N) is 2. The maximum absolute atomic E-state index is 13.3. The standard InChI is InChI=1S/C37H43N3O4/c1-37(2,3)29-12-17-31(18-13-29)44-32-16-11-27-24-39-33(23-28(27)22-32)36(42)40-34(35(41)38-4)21-26-9-14-30(15-10-26)43-20-19-25-7-5-6-8-25/h9-18,22-25,34H,5-8,19-21H2,1-4H3,(H,38,41)(H,40,42)/t34-/m0/s1. The molecule has 0 saturated heterocycles. The van der Waals surface area contributed by atoms with Crippen LogP contribution in [0.5, 0.6) is 17.2 Å². The van der Waals surface area contributed by atoms with Crippen LogP contribution in [0.3, 0.4) is 0 Å². The minimum atomic E-state index is -0.759. The van der Waals surface area contributed by atoms with Crippen LogP contribution >= 0.6 is 0 Å². The topological polar surface area (TPSA) is 89.6 Å². The van der Waals surface area contributed by atoms with E-state index in [4.69, 9.17) is 9.47 Å². The predicted octanol–water partition coefficient (Wildman–Crippen LogP) is 7.37. The van der Waals surface area contributed by atoms with Gasteiger partial charge in [-0.25, -0.2) is 0 Å². The maximum atomic E-state index is 13.3. The zero-order valence-corrected chi connectivity index (χ0v) is 26.2. The van der Waals surface area contributed by atoms with Gasteiger partial charge in [0.15, 0.2) is 0 Å². The van der Waals surface area contributed by atoms with Gasteiger partial charge in [0.2, 0.25) is 5.91 Å². The number of rotatable bonds is 11. The second-order valence-electron chi connectivity index (χ2n) is 12.7. The molecule has 2 amide bonds. The van der Waals surface area contributed by atoms with Crippen molar-refractivity contribution in [3.05, 3.63) is 95.8 Å². The Labute approximate surface area is 260 Å². The van der Waals surface area contributed by atoms with E-state index in [0.29, 0.717) is 12.2 Å². The van der Waals surface area contributed by atoms with Gasteiger partial charge >= 0.3 is 0 Å². The van der Waals surface area contributed by atoms with Crippen LogP contribution in [-0.2, 0) is 16.6 Å². The van der Waals surface area contributed by atoms with Gasteiger partial charge in [-0.15, -0.1) is 0 Å². The van der Waals surface area contributed by atoms with Gasteiger partial charge in [0.05, 0.1) is 6.61 Å². The van der Waals surface area contributed by atoms with E-state index >= 15 is 0 Å². The van der Waals surface area contributed by atoms with Crippen molar-refractivity contribution in [2.75, 3.05) is 13.7 Å². The van der Waals surface area contributed by atoms with Crippen LogP contribution in [0.15, 0.2) is 79.0 Å². The van der Waals surface area contributed by atoms with Crippen LogP contribution in [0, 0.1) is 5.92 Å². The van der Waals surface area contributed by atoms with Crippen LogP contribution in [0.25, 0.3) is 10.8 Å². The van der Waals surface area contributed by atoms with Gasteiger partial charge in [0.1, 0.15) is 29.0 Å². The van der Waals surface area contributed by atoms with Crippen LogP contribution in [-0.4, -0.2) is 36.5 Å². The van der Waals surface area contributed by atoms with E-state index in [2.05, 4.69) is 48.5 Å². The molecule has 0 bridgehead atoms. The van der Waals surface area contributed by atoms with E-state index < -0.39 is 11.9 Å². The van der Waals surface area contributed by atoms with Gasteiger partial charge in [-0.1, -0.05) is 70.7 Å². The first-order valence-corrected chi connectivity index (χ1v) is 15.6. The maximum Gasteiger partial charge on any atom is 0.270 e. The Morgan fingerprint density at radius 1 is 0.886 bits per heavy atom. The quantitative estimate of drug-likeness (QED) is 0.190. The number of aromatic nitrogens is 1. The van der Waals surface area contributed by atoms with E-state index in [0.717, 1.165) is 46.8 Å². The third-order valence-electron chi connectivity index (χ3n) is 8.38. The Balaban J connectivity index is 1.22. The summed E-state index contributed by atoms with van der Waals surface area (Å²) in [5, 5.41) is 7.23. The highest BCUT2D eigenvalue weighted by Crippen LogP contribution is 2.29. The molecule has 2 N–H and O–H groups in total. The molecule has 1 aliphatic rings. The lowest BCUT2D eigenvalue weighted by atomic mass is 9.87. The van der Waals surface area contributed by atoms with Gasteiger partial charge in [0, 0.05) is 25.1 Å².